The van der Waals surface area contributed by atoms with Gasteiger partial charge in [-0.1, -0.05) is 19.6 Å². The van der Waals surface area contributed by atoms with E-state index < -0.39 is 25.9 Å². The molecule has 0 unspecified atom stereocenters. The summed E-state index contributed by atoms with van der Waals surface area (Å²) in [4.78, 5) is 31.6. The van der Waals surface area contributed by atoms with Crippen molar-refractivity contribution in [2.24, 2.45) is 11.5 Å². The van der Waals surface area contributed by atoms with E-state index in [4.69, 9.17) is 16.2 Å². The third kappa shape index (κ3) is 5.98. The maximum absolute atomic E-state index is 11.4. The maximum Gasteiger partial charge on any atom is 0.219 e. The van der Waals surface area contributed by atoms with E-state index in [0.29, 0.717) is 12.4 Å². The number of carbonyl (C=O) groups excluding carboxylic acids is 2. The summed E-state index contributed by atoms with van der Waals surface area (Å²) in [6.45, 7) is 8.10. The lowest BCUT2D eigenvalue weighted by atomic mass is 10.1. The van der Waals surface area contributed by atoms with Crippen LogP contribution in [0.25, 0.3) is 22.3 Å². The highest BCUT2D eigenvalue weighted by molar-refractivity contribution is 6.76. The summed E-state index contributed by atoms with van der Waals surface area (Å²) >= 11 is 0. The molecule has 3 heterocycles. The highest BCUT2D eigenvalue weighted by Crippen LogP contribution is 2.27. The average Bonchev–Trinajstić information content (AvgIpc) is 3.30. The highest BCUT2D eigenvalue weighted by atomic mass is 28.3. The molecule has 0 bridgehead atoms. The first kappa shape index (κ1) is 22.6. The number of ether oxygens (including phenoxy) is 1. The van der Waals surface area contributed by atoms with Gasteiger partial charge in [0.05, 0.1) is 17.9 Å². The van der Waals surface area contributed by atoms with Crippen LogP contribution in [0.15, 0.2) is 31.0 Å². The van der Waals surface area contributed by atoms with E-state index >= 15 is 0 Å². The molecule has 0 aliphatic carbocycles. The Morgan fingerprint density at radius 3 is 2.52 bits per heavy atom. The van der Waals surface area contributed by atoms with E-state index in [0.717, 1.165) is 29.2 Å². The van der Waals surface area contributed by atoms with Gasteiger partial charge >= 0.3 is 0 Å². The Labute approximate surface area is 181 Å². The molecular formula is C20H29N7O3Si. The Hall–Kier alpha value is -3.05. The lowest BCUT2D eigenvalue weighted by Gasteiger charge is -2.15. The lowest BCUT2D eigenvalue weighted by Crippen LogP contribution is -2.24. The van der Waals surface area contributed by atoms with Gasteiger partial charge in [0.2, 0.25) is 11.8 Å². The number of amides is 2. The van der Waals surface area contributed by atoms with Crippen molar-refractivity contribution >= 4 is 30.9 Å². The average molecular weight is 444 g/mol. The van der Waals surface area contributed by atoms with Gasteiger partial charge in [0.15, 0.2) is 0 Å². The lowest BCUT2D eigenvalue weighted by molar-refractivity contribution is -0.120. The molecule has 31 heavy (non-hydrogen) atoms. The Bertz CT molecular complexity index is 1050. The van der Waals surface area contributed by atoms with Crippen molar-refractivity contribution < 1.29 is 14.3 Å². The fourth-order valence-electron chi connectivity index (χ4n) is 3.26. The Balaban J connectivity index is 1.81. The summed E-state index contributed by atoms with van der Waals surface area (Å²) in [7, 11) is -1.14. The molecule has 4 N–H and O–H groups in total. The van der Waals surface area contributed by atoms with E-state index in [-0.39, 0.29) is 12.8 Å². The molecule has 11 heteroatoms. The van der Waals surface area contributed by atoms with E-state index in [1.54, 1.807) is 12.4 Å². The van der Waals surface area contributed by atoms with E-state index in [2.05, 4.69) is 34.7 Å². The molecule has 166 valence electrons. The van der Waals surface area contributed by atoms with Crippen molar-refractivity contribution in [1.29, 1.82) is 0 Å². The maximum atomic E-state index is 11.4. The van der Waals surface area contributed by atoms with Gasteiger partial charge in [-0.2, -0.15) is 5.10 Å². The highest BCUT2D eigenvalue weighted by Gasteiger charge is 2.20. The normalized spacial score (nSPS) is 12.0. The van der Waals surface area contributed by atoms with Crippen LogP contribution < -0.4 is 11.5 Å². The summed E-state index contributed by atoms with van der Waals surface area (Å²) in [5.41, 5.74) is 12.8. The zero-order valence-electron chi connectivity index (χ0n) is 18.1. The molecule has 0 aromatic carbocycles. The summed E-state index contributed by atoms with van der Waals surface area (Å²) in [5.74, 6) is -1.06. The van der Waals surface area contributed by atoms with Crippen molar-refractivity contribution in [3.8, 4) is 11.3 Å². The van der Waals surface area contributed by atoms with E-state index in [1.165, 1.54) is 11.0 Å². The second kappa shape index (κ2) is 9.39. The number of nitrogens with two attached hydrogens (primary N) is 2. The molecule has 0 radical (unpaired) electrons. The molecule has 0 spiro atoms. The summed E-state index contributed by atoms with van der Waals surface area (Å²) < 4.78 is 9.33. The van der Waals surface area contributed by atoms with Crippen molar-refractivity contribution in [2.75, 3.05) is 6.61 Å². The number of rotatable bonds is 11. The molecule has 0 aliphatic heterocycles. The predicted octanol–water partition coefficient (Wildman–Crippen LogP) is 1.90. The molecule has 3 aromatic rings. The molecule has 0 saturated carbocycles. The standard InChI is InChI=1S/C20H29N7O3Si/c1-31(2,3)7-6-30-13-26-5-4-16-19(23-12-24-20(16)26)14-10-25-27(11-14)15(8-17(21)28)9-18(22)29/h4-5,10-12,15H,6-9,13H2,1-3H3,(H2,21,28)(H2,22,29). The van der Waals surface area contributed by atoms with E-state index in [9.17, 15) is 9.59 Å². The smallest absolute Gasteiger partial charge is 0.219 e. The summed E-state index contributed by atoms with van der Waals surface area (Å²) in [6.07, 6.45) is 6.73. The van der Waals surface area contributed by atoms with Gasteiger partial charge in [-0.15, -0.1) is 0 Å². The monoisotopic (exact) mass is 443 g/mol. The van der Waals surface area contributed by atoms with Gasteiger partial charge in [0.25, 0.3) is 0 Å². The number of nitrogens with zero attached hydrogens (tertiary/aromatic N) is 5. The molecule has 0 atom stereocenters. The van der Waals surface area contributed by atoms with Crippen molar-refractivity contribution in [3.63, 3.8) is 0 Å². The summed E-state index contributed by atoms with van der Waals surface area (Å²) in [6, 6.07) is 2.50. The molecule has 3 rings (SSSR count). The SMILES string of the molecule is C[Si](C)(C)CCOCn1ccc2c(-c3cnn(C(CC(N)=O)CC(N)=O)c3)ncnc21. The van der Waals surface area contributed by atoms with Crippen LogP contribution >= 0.6 is 0 Å². The number of hydrogen-bond acceptors (Lipinski definition) is 6. The molecule has 2 amide bonds. The third-order valence-corrected chi connectivity index (χ3v) is 6.61. The van der Waals surface area contributed by atoms with Crippen LogP contribution in [0, 0.1) is 0 Å². The van der Waals surface area contributed by atoms with E-state index in [1.807, 2.05) is 16.8 Å². The van der Waals surface area contributed by atoms with Crippen LogP contribution in [0.4, 0.5) is 0 Å². The Kier molecular flexibility index (Phi) is 6.86. The zero-order valence-corrected chi connectivity index (χ0v) is 19.1. The first-order valence-corrected chi connectivity index (χ1v) is 13.8. The minimum absolute atomic E-state index is 0.0333. The van der Waals surface area contributed by atoms with Crippen molar-refractivity contribution in [2.45, 2.75) is 51.3 Å². The summed E-state index contributed by atoms with van der Waals surface area (Å²) in [5, 5.41) is 5.17. The van der Waals surface area contributed by atoms with Gasteiger partial charge in [-0.25, -0.2) is 9.97 Å². The predicted molar refractivity (Wildman–Crippen MR) is 120 cm³/mol. The van der Waals surface area contributed by atoms with Gasteiger partial charge in [0.1, 0.15) is 18.7 Å². The van der Waals surface area contributed by atoms with Gasteiger partial charge in [-0.05, 0) is 12.1 Å². The molecule has 0 fully saturated rings. The van der Waals surface area contributed by atoms with Crippen LogP contribution in [0.5, 0.6) is 0 Å². The first-order valence-electron chi connectivity index (χ1n) is 10.1. The van der Waals surface area contributed by atoms with Crippen molar-refractivity contribution in [3.05, 3.63) is 31.0 Å². The van der Waals surface area contributed by atoms with Crippen LogP contribution in [-0.4, -0.2) is 50.8 Å². The quantitative estimate of drug-likeness (QED) is 0.342. The van der Waals surface area contributed by atoms with Crippen LogP contribution in [-0.2, 0) is 21.1 Å². The fourth-order valence-corrected chi connectivity index (χ4v) is 4.02. The van der Waals surface area contributed by atoms with Crippen LogP contribution in [0.1, 0.15) is 18.9 Å². The largest absolute Gasteiger partial charge is 0.370 e. The number of aromatic nitrogens is 5. The zero-order chi connectivity index (χ0) is 22.6. The van der Waals surface area contributed by atoms with Crippen LogP contribution in [0.2, 0.25) is 25.7 Å². The van der Waals surface area contributed by atoms with Gasteiger partial charge in [0, 0.05) is 50.9 Å². The molecule has 10 nitrogen and oxygen atoms in total. The minimum atomic E-state index is -1.14. The van der Waals surface area contributed by atoms with Crippen LogP contribution in [0.3, 0.4) is 0 Å². The number of fused-ring (bicyclic) bond motifs is 1. The van der Waals surface area contributed by atoms with Gasteiger partial charge in [-0.3, -0.25) is 14.3 Å². The number of carbonyl (C=O) groups is 2. The minimum Gasteiger partial charge on any atom is -0.370 e. The first-order chi connectivity index (χ1) is 14.6. The third-order valence-electron chi connectivity index (χ3n) is 4.91. The van der Waals surface area contributed by atoms with Gasteiger partial charge < -0.3 is 20.8 Å². The Morgan fingerprint density at radius 2 is 1.87 bits per heavy atom. The number of primary amides is 2. The second-order valence-electron chi connectivity index (χ2n) is 8.80. The molecule has 0 saturated heterocycles. The molecule has 0 aliphatic rings. The van der Waals surface area contributed by atoms with Crippen molar-refractivity contribution in [1.82, 2.24) is 24.3 Å². The topological polar surface area (TPSA) is 144 Å². The number of hydrogen-bond donors (Lipinski definition) is 2. The fraction of sp³-hybridized carbons (Fsp3) is 0.450. The molecule has 3 aromatic heterocycles. The molecular weight excluding hydrogens is 414 g/mol. The second-order valence-corrected chi connectivity index (χ2v) is 14.4. The Morgan fingerprint density at radius 1 is 1.16 bits per heavy atom.